The number of amides is 1. The Morgan fingerprint density at radius 2 is 2.08 bits per heavy atom. The van der Waals surface area contributed by atoms with Gasteiger partial charge < -0.3 is 15.0 Å². The van der Waals surface area contributed by atoms with E-state index < -0.39 is 0 Å². The van der Waals surface area contributed by atoms with Gasteiger partial charge in [0.25, 0.3) is 5.91 Å². The van der Waals surface area contributed by atoms with Crippen molar-refractivity contribution in [2.45, 2.75) is 25.8 Å². The molecule has 0 spiro atoms. The third kappa shape index (κ3) is 3.22. The van der Waals surface area contributed by atoms with Crippen LogP contribution in [0.3, 0.4) is 0 Å². The van der Waals surface area contributed by atoms with Crippen molar-refractivity contribution in [3.05, 3.63) is 34.0 Å². The van der Waals surface area contributed by atoms with Crippen molar-refractivity contribution in [1.82, 2.24) is 15.1 Å². The number of hydrogen-bond donors (Lipinski definition) is 1. The minimum absolute atomic E-state index is 0.00480. The normalized spacial score (nSPS) is 18.7. The maximum absolute atomic E-state index is 12.6. The van der Waals surface area contributed by atoms with Crippen LogP contribution in [0.25, 0.3) is 0 Å². The minimum Gasteiger partial charge on any atom is -0.378 e. The lowest BCUT2D eigenvalue weighted by atomic mass is 9.89. The second-order valence-electron chi connectivity index (χ2n) is 7.36. The van der Waals surface area contributed by atoms with Crippen LogP contribution in [0, 0.1) is 11.8 Å². The van der Waals surface area contributed by atoms with Crippen LogP contribution in [0.5, 0.6) is 0 Å². The Morgan fingerprint density at radius 1 is 1.31 bits per heavy atom. The monoisotopic (exact) mass is 370 g/mol. The van der Waals surface area contributed by atoms with Crippen LogP contribution in [0.15, 0.2) is 12.4 Å². The fourth-order valence-electron chi connectivity index (χ4n) is 3.39. The molecule has 0 unspecified atom stereocenters. The molecule has 0 saturated carbocycles. The number of anilines is 1. The zero-order chi connectivity index (χ0) is 18.3. The molecular formula is C19H22N4O2S. The molecule has 1 N–H and O–H groups in total. The number of ether oxygens (including phenoxy) is 1. The summed E-state index contributed by atoms with van der Waals surface area (Å²) in [5, 5.41) is 8.36. The first-order valence-corrected chi connectivity index (χ1v) is 9.56. The number of rotatable bonds is 1. The zero-order valence-electron chi connectivity index (χ0n) is 15.3. The number of morpholine rings is 1. The number of nitrogens with one attached hydrogen (secondary N) is 1. The van der Waals surface area contributed by atoms with Crippen LogP contribution in [0.2, 0.25) is 0 Å². The van der Waals surface area contributed by atoms with Gasteiger partial charge in [-0.2, -0.15) is 5.10 Å². The Morgan fingerprint density at radius 3 is 2.77 bits per heavy atom. The molecule has 0 radical (unpaired) electrons. The number of fused-ring (bicyclic) bond motifs is 1. The van der Waals surface area contributed by atoms with E-state index in [4.69, 9.17) is 4.74 Å². The van der Waals surface area contributed by atoms with Gasteiger partial charge in [0.15, 0.2) is 0 Å². The van der Waals surface area contributed by atoms with Gasteiger partial charge in [-0.1, -0.05) is 11.8 Å². The van der Waals surface area contributed by atoms with E-state index in [0.29, 0.717) is 13.2 Å². The molecule has 2 aromatic rings. The first kappa shape index (κ1) is 17.1. The minimum atomic E-state index is -0.266. The Balaban J connectivity index is 1.81. The molecule has 0 bridgehead atoms. The summed E-state index contributed by atoms with van der Waals surface area (Å²) >= 11 is 1.55. The third-order valence-electron chi connectivity index (χ3n) is 4.60. The number of aryl methyl sites for hydroxylation is 1. The average Bonchev–Trinajstić information content (AvgIpc) is 3.16. The summed E-state index contributed by atoms with van der Waals surface area (Å²) in [5.74, 6) is 6.58. The second-order valence-corrected chi connectivity index (χ2v) is 8.36. The summed E-state index contributed by atoms with van der Waals surface area (Å²) in [6.07, 6.45) is 4.44. The Hall–Kier alpha value is -2.30. The van der Waals surface area contributed by atoms with E-state index in [9.17, 15) is 4.79 Å². The Bertz CT molecular complexity index is 910. The number of hydrogen-bond acceptors (Lipinski definition) is 5. The smallest absolute Gasteiger partial charge is 0.262 e. The Labute approximate surface area is 157 Å². The van der Waals surface area contributed by atoms with Gasteiger partial charge in [0, 0.05) is 31.9 Å². The van der Waals surface area contributed by atoms with Gasteiger partial charge in [-0.05, 0) is 25.8 Å². The molecule has 2 aromatic heterocycles. The van der Waals surface area contributed by atoms with Crippen molar-refractivity contribution in [3.63, 3.8) is 0 Å². The van der Waals surface area contributed by atoms with E-state index in [2.05, 4.69) is 41.0 Å². The van der Waals surface area contributed by atoms with Gasteiger partial charge in [-0.3, -0.25) is 9.48 Å². The predicted molar refractivity (Wildman–Crippen MR) is 102 cm³/mol. The first-order valence-electron chi connectivity index (χ1n) is 8.74. The summed E-state index contributed by atoms with van der Waals surface area (Å²) in [5.41, 5.74) is 2.67. The largest absolute Gasteiger partial charge is 0.378 e. The van der Waals surface area contributed by atoms with Crippen LogP contribution >= 0.6 is 11.3 Å². The molecule has 1 saturated heterocycles. The van der Waals surface area contributed by atoms with Crippen LogP contribution in [-0.2, 0) is 18.2 Å². The van der Waals surface area contributed by atoms with E-state index in [-0.39, 0.29) is 11.4 Å². The molecular weight excluding hydrogens is 348 g/mol. The lowest BCUT2D eigenvalue weighted by Gasteiger charge is -2.30. The number of nitrogens with zero attached hydrogens (tertiary/aromatic N) is 3. The lowest BCUT2D eigenvalue weighted by Crippen LogP contribution is -2.48. The maximum Gasteiger partial charge on any atom is 0.262 e. The highest BCUT2D eigenvalue weighted by molar-refractivity contribution is 7.18. The van der Waals surface area contributed by atoms with Crippen LogP contribution in [-0.4, -0.2) is 47.5 Å². The highest BCUT2D eigenvalue weighted by Gasteiger charge is 2.35. The summed E-state index contributed by atoms with van der Waals surface area (Å²) in [7, 11) is 1.88. The average molecular weight is 370 g/mol. The van der Waals surface area contributed by atoms with E-state index in [1.54, 1.807) is 22.2 Å². The van der Waals surface area contributed by atoms with Crippen LogP contribution in [0.4, 0.5) is 5.00 Å². The fraction of sp³-hybridized carbons (Fsp3) is 0.474. The summed E-state index contributed by atoms with van der Waals surface area (Å²) in [6.45, 7) is 7.17. The molecule has 0 aromatic carbocycles. The quantitative estimate of drug-likeness (QED) is 0.778. The highest BCUT2D eigenvalue weighted by Crippen LogP contribution is 2.40. The lowest BCUT2D eigenvalue weighted by molar-refractivity contribution is 0.0902. The van der Waals surface area contributed by atoms with Gasteiger partial charge in [-0.15, -0.1) is 11.3 Å². The number of carbonyl (C=O) groups is 1. The topological polar surface area (TPSA) is 59.4 Å². The Kier molecular flexibility index (Phi) is 4.25. The van der Waals surface area contributed by atoms with Crippen molar-refractivity contribution >= 4 is 22.2 Å². The van der Waals surface area contributed by atoms with Crippen molar-refractivity contribution in [1.29, 1.82) is 0 Å². The molecule has 2 aliphatic rings. The van der Waals surface area contributed by atoms with Crippen LogP contribution < -0.4 is 10.2 Å². The molecule has 2 aliphatic heterocycles. The molecule has 136 valence electrons. The second kappa shape index (κ2) is 6.45. The molecule has 0 aliphatic carbocycles. The molecule has 4 heterocycles. The van der Waals surface area contributed by atoms with Crippen molar-refractivity contribution in [2.24, 2.45) is 7.05 Å². The molecule has 0 atom stereocenters. The van der Waals surface area contributed by atoms with E-state index >= 15 is 0 Å². The maximum atomic E-state index is 12.6. The molecule has 4 rings (SSSR count). The summed E-state index contributed by atoms with van der Waals surface area (Å²) < 4.78 is 7.23. The number of carbonyl (C=O) groups excluding carboxylic acids is 1. The molecule has 1 fully saturated rings. The SMILES string of the molecule is Cn1cc(C#Cc2c(N3CCOCC3)sc3c2CC(C)(C)NC3=O)cn1. The van der Waals surface area contributed by atoms with E-state index in [0.717, 1.165) is 46.1 Å². The predicted octanol–water partition coefficient (Wildman–Crippen LogP) is 1.78. The van der Waals surface area contributed by atoms with Gasteiger partial charge in [0.05, 0.1) is 35.4 Å². The van der Waals surface area contributed by atoms with E-state index in [1.807, 2.05) is 13.2 Å². The molecule has 26 heavy (non-hydrogen) atoms. The van der Waals surface area contributed by atoms with E-state index in [1.165, 1.54) is 0 Å². The molecule has 1 amide bonds. The third-order valence-corrected chi connectivity index (χ3v) is 5.89. The van der Waals surface area contributed by atoms with Crippen LogP contribution in [0.1, 0.15) is 40.2 Å². The molecule has 6 nitrogen and oxygen atoms in total. The first-order chi connectivity index (χ1) is 12.4. The van der Waals surface area contributed by atoms with Gasteiger partial charge >= 0.3 is 0 Å². The van der Waals surface area contributed by atoms with Crippen molar-refractivity contribution < 1.29 is 9.53 Å². The van der Waals surface area contributed by atoms with Gasteiger partial charge in [0.1, 0.15) is 5.00 Å². The standard InChI is InChI=1S/C19H22N4O2S/c1-19(2)10-15-14(5-4-13-11-20-22(3)12-13)18(23-6-8-25-9-7-23)26-16(15)17(24)21-19/h11-12H,6-10H2,1-3H3,(H,21,24). The number of thiophene rings is 1. The summed E-state index contributed by atoms with van der Waals surface area (Å²) in [4.78, 5) is 15.7. The highest BCUT2D eigenvalue weighted by atomic mass is 32.1. The fourth-order valence-corrected chi connectivity index (χ4v) is 4.62. The van der Waals surface area contributed by atoms with Gasteiger partial charge in [-0.25, -0.2) is 0 Å². The molecule has 7 heteroatoms. The van der Waals surface area contributed by atoms with Gasteiger partial charge in [0.2, 0.25) is 0 Å². The number of aromatic nitrogens is 2. The van der Waals surface area contributed by atoms with Crippen molar-refractivity contribution in [3.8, 4) is 11.8 Å². The zero-order valence-corrected chi connectivity index (χ0v) is 16.1. The van der Waals surface area contributed by atoms with Crippen molar-refractivity contribution in [2.75, 3.05) is 31.2 Å². The summed E-state index contributed by atoms with van der Waals surface area (Å²) in [6, 6.07) is 0.